The van der Waals surface area contributed by atoms with Crippen LogP contribution in [0.3, 0.4) is 0 Å². The van der Waals surface area contributed by atoms with Crippen LogP contribution in [-0.4, -0.2) is 5.11 Å². The van der Waals surface area contributed by atoms with E-state index >= 15 is 0 Å². The van der Waals surface area contributed by atoms with Gasteiger partial charge in [-0.05, 0) is 39.7 Å². The van der Waals surface area contributed by atoms with Crippen LogP contribution in [0.2, 0.25) is 0 Å². The second-order valence-corrected chi connectivity index (χ2v) is 8.47. The first-order valence-electron chi connectivity index (χ1n) is 9.13. The molecule has 0 aliphatic heterocycles. The lowest BCUT2D eigenvalue weighted by atomic mass is 9.71. The highest BCUT2D eigenvalue weighted by Gasteiger charge is 2.52. The van der Waals surface area contributed by atoms with E-state index in [1.54, 1.807) is 0 Å². The third-order valence-corrected chi connectivity index (χ3v) is 5.99. The normalized spacial score (nSPS) is 22.2. The molecule has 0 spiro atoms. The molecule has 1 nitrogen and oxygen atoms in total. The Morgan fingerprint density at radius 1 is 0.917 bits per heavy atom. The standard InChI is InChI=1S/C23H30O/c1-15(2)17-12-19(16(3)4)20-14-23(24,18-10-8-7-9-11-18)22(5,6)21(20)13-17/h7-13,15-16,24H,14H2,1-6H3. The molecule has 0 radical (unpaired) electrons. The molecule has 0 saturated heterocycles. The molecule has 128 valence electrons. The molecule has 0 heterocycles. The fourth-order valence-corrected chi connectivity index (χ4v) is 4.20. The van der Waals surface area contributed by atoms with Crippen molar-refractivity contribution in [3.63, 3.8) is 0 Å². The molecule has 0 aromatic heterocycles. The van der Waals surface area contributed by atoms with Gasteiger partial charge in [-0.25, -0.2) is 0 Å². The fourth-order valence-electron chi connectivity index (χ4n) is 4.20. The summed E-state index contributed by atoms with van der Waals surface area (Å²) < 4.78 is 0. The minimum absolute atomic E-state index is 0.307. The number of fused-ring (bicyclic) bond motifs is 1. The van der Waals surface area contributed by atoms with Crippen LogP contribution in [0.1, 0.15) is 81.2 Å². The van der Waals surface area contributed by atoms with Gasteiger partial charge in [0.2, 0.25) is 0 Å². The topological polar surface area (TPSA) is 20.2 Å². The van der Waals surface area contributed by atoms with Crippen molar-refractivity contribution in [3.05, 3.63) is 70.3 Å². The monoisotopic (exact) mass is 322 g/mol. The molecule has 2 aromatic carbocycles. The molecule has 0 bridgehead atoms. The third-order valence-electron chi connectivity index (χ3n) is 5.99. The van der Waals surface area contributed by atoms with Gasteiger partial charge >= 0.3 is 0 Å². The zero-order valence-electron chi connectivity index (χ0n) is 15.9. The van der Waals surface area contributed by atoms with Crippen molar-refractivity contribution in [2.24, 2.45) is 0 Å². The van der Waals surface area contributed by atoms with Crippen LogP contribution in [0.15, 0.2) is 42.5 Å². The first-order valence-corrected chi connectivity index (χ1v) is 9.13. The molecule has 3 rings (SSSR count). The lowest BCUT2D eigenvalue weighted by Crippen LogP contribution is -2.42. The highest BCUT2D eigenvalue weighted by Crippen LogP contribution is 2.53. The summed E-state index contributed by atoms with van der Waals surface area (Å²) in [4.78, 5) is 0. The lowest BCUT2D eigenvalue weighted by molar-refractivity contribution is -0.0179. The van der Waals surface area contributed by atoms with Gasteiger partial charge in [0.05, 0.1) is 0 Å². The molecule has 0 amide bonds. The maximum Gasteiger partial charge on any atom is 0.103 e. The largest absolute Gasteiger partial charge is 0.384 e. The van der Waals surface area contributed by atoms with Crippen LogP contribution in [0.5, 0.6) is 0 Å². The number of hydrogen-bond acceptors (Lipinski definition) is 1. The van der Waals surface area contributed by atoms with Crippen LogP contribution < -0.4 is 0 Å². The highest BCUT2D eigenvalue weighted by atomic mass is 16.3. The summed E-state index contributed by atoms with van der Waals surface area (Å²) in [7, 11) is 0. The zero-order chi connectivity index (χ0) is 17.7. The van der Waals surface area contributed by atoms with Crippen molar-refractivity contribution in [2.45, 2.75) is 70.8 Å². The van der Waals surface area contributed by atoms with Crippen molar-refractivity contribution < 1.29 is 5.11 Å². The van der Waals surface area contributed by atoms with Crippen molar-refractivity contribution in [1.29, 1.82) is 0 Å². The molecular formula is C23H30O. The van der Waals surface area contributed by atoms with E-state index < -0.39 is 5.60 Å². The minimum atomic E-state index is -0.851. The first-order chi connectivity index (χ1) is 11.2. The Bertz CT molecular complexity index is 740. The number of hydrogen-bond donors (Lipinski definition) is 1. The minimum Gasteiger partial charge on any atom is -0.384 e. The van der Waals surface area contributed by atoms with Crippen LogP contribution in [-0.2, 0) is 17.4 Å². The molecule has 1 unspecified atom stereocenters. The maximum atomic E-state index is 11.7. The molecule has 1 N–H and O–H groups in total. The van der Waals surface area contributed by atoms with Gasteiger partial charge < -0.3 is 5.11 Å². The van der Waals surface area contributed by atoms with Crippen LogP contribution in [0, 0.1) is 0 Å². The molecule has 1 heteroatoms. The molecule has 1 atom stereocenters. The number of rotatable bonds is 3. The summed E-state index contributed by atoms with van der Waals surface area (Å²) >= 11 is 0. The van der Waals surface area contributed by atoms with Crippen molar-refractivity contribution in [1.82, 2.24) is 0 Å². The molecule has 24 heavy (non-hydrogen) atoms. The first kappa shape index (κ1) is 17.2. The summed E-state index contributed by atoms with van der Waals surface area (Å²) in [5.74, 6) is 0.959. The summed E-state index contributed by atoms with van der Waals surface area (Å²) in [6, 6.07) is 14.9. The Balaban J connectivity index is 2.24. The average molecular weight is 322 g/mol. The number of aliphatic hydroxyl groups is 1. The van der Waals surface area contributed by atoms with Crippen LogP contribution in [0.4, 0.5) is 0 Å². The van der Waals surface area contributed by atoms with E-state index in [0.717, 1.165) is 5.56 Å². The summed E-state index contributed by atoms with van der Waals surface area (Å²) in [6.45, 7) is 13.4. The van der Waals surface area contributed by atoms with Crippen LogP contribution >= 0.6 is 0 Å². The predicted molar refractivity (Wildman–Crippen MR) is 102 cm³/mol. The maximum absolute atomic E-state index is 11.7. The summed E-state index contributed by atoms with van der Waals surface area (Å²) in [6.07, 6.45) is 0.700. The Kier molecular flexibility index (Phi) is 4.12. The molecule has 1 aliphatic rings. The van der Waals surface area contributed by atoms with Crippen LogP contribution in [0.25, 0.3) is 0 Å². The van der Waals surface area contributed by atoms with E-state index in [-0.39, 0.29) is 5.41 Å². The van der Waals surface area contributed by atoms with Gasteiger partial charge in [0.25, 0.3) is 0 Å². The Hall–Kier alpha value is -1.60. The van der Waals surface area contributed by atoms with Crippen molar-refractivity contribution >= 4 is 0 Å². The molecule has 0 saturated carbocycles. The second-order valence-electron chi connectivity index (χ2n) is 8.47. The predicted octanol–water partition coefficient (Wildman–Crippen LogP) is 5.65. The summed E-state index contributed by atoms with van der Waals surface area (Å²) in [5.41, 5.74) is 5.31. The van der Waals surface area contributed by atoms with Gasteiger partial charge in [-0.1, -0.05) is 84.0 Å². The van der Waals surface area contributed by atoms with E-state index in [4.69, 9.17) is 0 Å². The van der Waals surface area contributed by atoms with Crippen molar-refractivity contribution in [3.8, 4) is 0 Å². The molecule has 1 aliphatic carbocycles. The lowest BCUT2D eigenvalue weighted by Gasteiger charge is -2.38. The number of benzene rings is 2. The van der Waals surface area contributed by atoms with Crippen molar-refractivity contribution in [2.75, 3.05) is 0 Å². The van der Waals surface area contributed by atoms with Gasteiger partial charge in [-0.3, -0.25) is 0 Å². The van der Waals surface area contributed by atoms with Gasteiger partial charge in [-0.15, -0.1) is 0 Å². The zero-order valence-corrected chi connectivity index (χ0v) is 15.9. The SMILES string of the molecule is CC(C)c1cc(C(C)C)c2c(c1)C(C)(C)C(O)(c1ccccc1)C2. The van der Waals surface area contributed by atoms with Gasteiger partial charge in [0.1, 0.15) is 5.60 Å². The third kappa shape index (κ3) is 2.41. The van der Waals surface area contributed by atoms with E-state index in [1.165, 1.54) is 22.3 Å². The highest BCUT2D eigenvalue weighted by molar-refractivity contribution is 5.53. The molecule has 2 aromatic rings. The summed E-state index contributed by atoms with van der Waals surface area (Å²) in [5, 5.41) is 11.7. The Labute approximate surface area is 146 Å². The van der Waals surface area contributed by atoms with Gasteiger partial charge in [0.15, 0.2) is 0 Å². The molecule has 0 fully saturated rings. The fraction of sp³-hybridized carbons (Fsp3) is 0.478. The van der Waals surface area contributed by atoms with E-state index in [9.17, 15) is 5.11 Å². The quantitative estimate of drug-likeness (QED) is 0.773. The average Bonchev–Trinajstić information content (AvgIpc) is 2.75. The van der Waals surface area contributed by atoms with E-state index in [1.807, 2.05) is 18.2 Å². The van der Waals surface area contributed by atoms with Gasteiger partial charge in [0, 0.05) is 11.8 Å². The van der Waals surface area contributed by atoms with E-state index in [2.05, 4.69) is 65.8 Å². The second kappa shape index (κ2) is 5.74. The van der Waals surface area contributed by atoms with Gasteiger partial charge in [-0.2, -0.15) is 0 Å². The van der Waals surface area contributed by atoms with E-state index in [0.29, 0.717) is 18.3 Å². The Morgan fingerprint density at radius 3 is 2.08 bits per heavy atom. The smallest absolute Gasteiger partial charge is 0.103 e. The Morgan fingerprint density at radius 2 is 1.54 bits per heavy atom. The molecular weight excluding hydrogens is 292 g/mol.